The van der Waals surface area contributed by atoms with Crippen molar-refractivity contribution in [1.29, 1.82) is 0 Å². The predicted octanol–water partition coefficient (Wildman–Crippen LogP) is 2.72. The van der Waals surface area contributed by atoms with Gasteiger partial charge in [0.15, 0.2) is 0 Å². The van der Waals surface area contributed by atoms with Gasteiger partial charge in [0.1, 0.15) is 5.75 Å². The fraction of sp³-hybridized carbons (Fsp3) is 0.476. The highest BCUT2D eigenvalue weighted by atomic mass is 16.5. The number of amides is 1. The van der Waals surface area contributed by atoms with Crippen LogP contribution in [-0.2, 0) is 11.2 Å². The number of aromatic nitrogens is 2. The zero-order valence-corrected chi connectivity index (χ0v) is 16.1. The Kier molecular flexibility index (Phi) is 6.06. The third kappa shape index (κ3) is 4.27. The fourth-order valence-electron chi connectivity index (χ4n) is 3.96. The maximum Gasteiger partial charge on any atom is 0.223 e. The molecule has 0 bridgehead atoms. The highest BCUT2D eigenvalue weighted by molar-refractivity contribution is 5.81. The Morgan fingerprint density at radius 1 is 1.33 bits per heavy atom. The van der Waals surface area contributed by atoms with Gasteiger partial charge in [0, 0.05) is 24.0 Å². The van der Waals surface area contributed by atoms with Crippen LogP contribution in [0, 0.1) is 5.41 Å². The van der Waals surface area contributed by atoms with Crippen molar-refractivity contribution in [3.8, 4) is 17.0 Å². The molecule has 1 aromatic heterocycles. The van der Waals surface area contributed by atoms with E-state index in [-0.39, 0.29) is 5.91 Å². The van der Waals surface area contributed by atoms with Crippen LogP contribution in [0.5, 0.6) is 5.75 Å². The molecule has 144 valence electrons. The van der Waals surface area contributed by atoms with E-state index in [1.165, 1.54) is 0 Å². The first kappa shape index (κ1) is 19.3. The van der Waals surface area contributed by atoms with Crippen LogP contribution in [0.4, 0.5) is 0 Å². The molecule has 3 N–H and O–H groups in total. The van der Waals surface area contributed by atoms with E-state index in [4.69, 9.17) is 10.5 Å². The number of rotatable bonds is 7. The molecule has 0 unspecified atom stereocenters. The number of hydrogen-bond acceptors (Lipinski definition) is 5. The molecule has 0 radical (unpaired) electrons. The smallest absolute Gasteiger partial charge is 0.223 e. The van der Waals surface area contributed by atoms with Crippen LogP contribution in [0.3, 0.4) is 0 Å². The molecule has 1 amide bonds. The summed E-state index contributed by atoms with van der Waals surface area (Å²) in [7, 11) is 1.97. The molecule has 0 atom stereocenters. The monoisotopic (exact) mass is 368 g/mol. The SMILES string of the molecule is CCOc1ccc(-c2cnccn2)cc1CC1(C(N)=O)CCC(NC)CC1. The number of carbonyl (C=O) groups excluding carboxylic acids is 1. The van der Waals surface area contributed by atoms with E-state index < -0.39 is 5.41 Å². The van der Waals surface area contributed by atoms with Gasteiger partial charge >= 0.3 is 0 Å². The first-order chi connectivity index (χ1) is 13.1. The first-order valence-electron chi connectivity index (χ1n) is 9.57. The molecule has 1 heterocycles. The minimum Gasteiger partial charge on any atom is -0.494 e. The molecule has 0 aliphatic heterocycles. The van der Waals surface area contributed by atoms with E-state index in [9.17, 15) is 4.79 Å². The van der Waals surface area contributed by atoms with Crippen LogP contribution < -0.4 is 15.8 Å². The first-order valence-corrected chi connectivity index (χ1v) is 9.57. The lowest BCUT2D eigenvalue weighted by Gasteiger charge is -2.38. The van der Waals surface area contributed by atoms with Crippen LogP contribution in [0.25, 0.3) is 11.3 Å². The maximum atomic E-state index is 12.4. The van der Waals surface area contributed by atoms with Crippen LogP contribution in [0.1, 0.15) is 38.2 Å². The van der Waals surface area contributed by atoms with E-state index in [0.29, 0.717) is 19.1 Å². The van der Waals surface area contributed by atoms with Crippen LogP contribution in [0.15, 0.2) is 36.8 Å². The summed E-state index contributed by atoms with van der Waals surface area (Å²) in [5.74, 6) is 0.589. The fourth-order valence-corrected chi connectivity index (χ4v) is 3.96. The number of carbonyl (C=O) groups is 1. The van der Waals surface area contributed by atoms with Gasteiger partial charge in [-0.3, -0.25) is 14.8 Å². The molecular weight excluding hydrogens is 340 g/mol. The molecule has 1 aliphatic rings. The van der Waals surface area contributed by atoms with E-state index in [0.717, 1.165) is 48.3 Å². The summed E-state index contributed by atoms with van der Waals surface area (Å²) in [6.07, 6.45) is 9.13. The number of ether oxygens (including phenoxy) is 1. The summed E-state index contributed by atoms with van der Waals surface area (Å²) in [6.45, 7) is 2.53. The van der Waals surface area contributed by atoms with E-state index in [1.807, 2.05) is 26.1 Å². The number of primary amides is 1. The van der Waals surface area contributed by atoms with E-state index >= 15 is 0 Å². The number of nitrogens with one attached hydrogen (secondary N) is 1. The molecule has 3 rings (SSSR count). The Morgan fingerprint density at radius 3 is 2.70 bits per heavy atom. The zero-order valence-electron chi connectivity index (χ0n) is 16.1. The normalized spacial score (nSPS) is 22.4. The summed E-state index contributed by atoms with van der Waals surface area (Å²) in [4.78, 5) is 21.0. The zero-order chi connectivity index (χ0) is 19.3. The molecule has 6 heteroatoms. The van der Waals surface area contributed by atoms with Gasteiger partial charge in [0.2, 0.25) is 5.91 Å². The highest BCUT2D eigenvalue weighted by Crippen LogP contribution is 2.41. The third-order valence-corrected chi connectivity index (χ3v) is 5.62. The van der Waals surface area contributed by atoms with Crippen molar-refractivity contribution in [2.45, 2.75) is 45.1 Å². The minimum absolute atomic E-state index is 0.218. The van der Waals surface area contributed by atoms with Gasteiger partial charge in [-0.15, -0.1) is 0 Å². The predicted molar refractivity (Wildman–Crippen MR) is 105 cm³/mol. The van der Waals surface area contributed by atoms with E-state index in [2.05, 4.69) is 21.4 Å². The van der Waals surface area contributed by atoms with Gasteiger partial charge in [-0.25, -0.2) is 0 Å². The Labute approximate surface area is 160 Å². The molecule has 27 heavy (non-hydrogen) atoms. The number of benzene rings is 1. The van der Waals surface area contributed by atoms with Crippen molar-refractivity contribution in [2.24, 2.45) is 11.1 Å². The van der Waals surface area contributed by atoms with Gasteiger partial charge in [-0.2, -0.15) is 0 Å². The summed E-state index contributed by atoms with van der Waals surface area (Å²) in [6, 6.07) is 6.45. The van der Waals surface area contributed by atoms with Gasteiger partial charge in [-0.1, -0.05) is 0 Å². The topological polar surface area (TPSA) is 90.1 Å². The second-order valence-electron chi connectivity index (χ2n) is 7.23. The van der Waals surface area contributed by atoms with Crippen molar-refractivity contribution in [3.63, 3.8) is 0 Å². The van der Waals surface area contributed by atoms with Crippen LogP contribution in [0.2, 0.25) is 0 Å². The molecule has 0 spiro atoms. The summed E-state index contributed by atoms with van der Waals surface area (Å²) in [5.41, 5.74) is 8.12. The van der Waals surface area contributed by atoms with Crippen molar-refractivity contribution in [2.75, 3.05) is 13.7 Å². The van der Waals surface area contributed by atoms with Gasteiger partial charge < -0.3 is 15.8 Å². The van der Waals surface area contributed by atoms with Crippen molar-refractivity contribution >= 4 is 5.91 Å². The lowest BCUT2D eigenvalue weighted by molar-refractivity contribution is -0.129. The molecule has 0 saturated heterocycles. The second kappa shape index (κ2) is 8.48. The van der Waals surface area contributed by atoms with Crippen molar-refractivity contribution < 1.29 is 9.53 Å². The third-order valence-electron chi connectivity index (χ3n) is 5.62. The molecule has 2 aromatic rings. The van der Waals surface area contributed by atoms with E-state index in [1.54, 1.807) is 18.6 Å². The highest BCUT2D eigenvalue weighted by Gasteiger charge is 2.40. The van der Waals surface area contributed by atoms with Gasteiger partial charge in [0.05, 0.1) is 23.9 Å². The average Bonchev–Trinajstić information content (AvgIpc) is 2.70. The number of hydrogen-bond donors (Lipinski definition) is 2. The molecule has 1 aromatic carbocycles. The summed E-state index contributed by atoms with van der Waals surface area (Å²) in [5, 5.41) is 3.31. The summed E-state index contributed by atoms with van der Waals surface area (Å²) >= 11 is 0. The van der Waals surface area contributed by atoms with Gasteiger partial charge in [0.25, 0.3) is 0 Å². The Hall–Kier alpha value is -2.47. The number of nitrogens with two attached hydrogens (primary N) is 1. The van der Waals surface area contributed by atoms with Crippen LogP contribution >= 0.6 is 0 Å². The molecule has 1 saturated carbocycles. The molecule has 6 nitrogen and oxygen atoms in total. The quantitative estimate of drug-likeness (QED) is 0.784. The maximum absolute atomic E-state index is 12.4. The summed E-state index contributed by atoms with van der Waals surface area (Å²) < 4.78 is 5.84. The Balaban J connectivity index is 1.94. The average molecular weight is 368 g/mol. The largest absolute Gasteiger partial charge is 0.494 e. The van der Waals surface area contributed by atoms with Crippen LogP contribution in [-0.4, -0.2) is 35.6 Å². The van der Waals surface area contributed by atoms with Crippen molar-refractivity contribution in [1.82, 2.24) is 15.3 Å². The minimum atomic E-state index is -0.528. The Morgan fingerprint density at radius 2 is 2.11 bits per heavy atom. The standard InChI is InChI=1S/C21H28N4O2/c1-3-27-19-5-4-15(18-14-24-10-11-25-18)12-16(19)13-21(20(22)26)8-6-17(23-2)7-9-21/h4-5,10-12,14,17,23H,3,6-9,13H2,1-2H3,(H2,22,26). The second-order valence-corrected chi connectivity index (χ2v) is 7.23. The van der Waals surface area contributed by atoms with Crippen molar-refractivity contribution in [3.05, 3.63) is 42.4 Å². The number of nitrogens with zero attached hydrogens (tertiary/aromatic N) is 2. The lowest BCUT2D eigenvalue weighted by atomic mass is 9.68. The van der Waals surface area contributed by atoms with Gasteiger partial charge in [-0.05, 0) is 69.8 Å². The molecule has 1 fully saturated rings. The molecule has 1 aliphatic carbocycles. The Bertz CT molecular complexity index is 771. The molecular formula is C21H28N4O2. The lowest BCUT2D eigenvalue weighted by Crippen LogP contribution is -2.45.